The van der Waals surface area contributed by atoms with Crippen molar-refractivity contribution in [3.63, 3.8) is 0 Å². The molecule has 2 aromatic carbocycles. The molecule has 0 aliphatic carbocycles. The minimum absolute atomic E-state index is 0.0957. The first-order valence-corrected chi connectivity index (χ1v) is 12.7. The summed E-state index contributed by atoms with van der Waals surface area (Å²) in [6.07, 6.45) is 5.67. The third kappa shape index (κ3) is 8.93. The van der Waals surface area contributed by atoms with Crippen LogP contribution >= 0.6 is 0 Å². The fraction of sp³-hybridized carbons (Fsp3) is 0.517. The number of unbranched alkanes of at least 4 members (excludes halogenated alkanes) is 4. The number of nitrogens with one attached hydrogen (secondary N) is 1. The average molecular weight is 483 g/mol. The Morgan fingerprint density at radius 1 is 0.914 bits per heavy atom. The maximum atomic E-state index is 13.3. The van der Waals surface area contributed by atoms with Crippen LogP contribution in [0.5, 0.6) is 5.75 Å². The van der Waals surface area contributed by atoms with E-state index in [1.54, 1.807) is 20.8 Å². The third-order valence-electron chi connectivity index (χ3n) is 5.97. The van der Waals surface area contributed by atoms with E-state index in [0.29, 0.717) is 25.4 Å². The highest BCUT2D eigenvalue weighted by molar-refractivity contribution is 5.91. The zero-order chi connectivity index (χ0) is 25.8. The van der Waals surface area contributed by atoms with Gasteiger partial charge in [-0.15, -0.1) is 0 Å². The summed E-state index contributed by atoms with van der Waals surface area (Å²) in [5, 5.41) is 3.13. The monoisotopic (exact) mass is 482 g/mol. The van der Waals surface area contributed by atoms with Crippen molar-refractivity contribution in [2.24, 2.45) is 0 Å². The van der Waals surface area contributed by atoms with Gasteiger partial charge in [0.25, 0.3) is 0 Å². The Morgan fingerprint density at radius 2 is 1.54 bits per heavy atom. The number of esters is 1. The first-order valence-electron chi connectivity index (χ1n) is 12.7. The van der Waals surface area contributed by atoms with Crippen molar-refractivity contribution in [3.8, 4) is 5.75 Å². The third-order valence-corrected chi connectivity index (χ3v) is 5.97. The largest absolute Gasteiger partial charge is 0.476 e. The molecule has 2 aromatic rings. The second-order valence-electron chi connectivity index (χ2n) is 9.51. The molecule has 0 spiro atoms. The van der Waals surface area contributed by atoms with Crippen LogP contribution in [0.25, 0.3) is 0 Å². The first kappa shape index (κ1) is 28.2. The molecule has 6 nitrogen and oxygen atoms in total. The van der Waals surface area contributed by atoms with Gasteiger partial charge >= 0.3 is 12.0 Å². The van der Waals surface area contributed by atoms with Gasteiger partial charge in [-0.1, -0.05) is 62.9 Å². The number of hydrogen-bond donors (Lipinski definition) is 1. The second kappa shape index (κ2) is 13.8. The van der Waals surface area contributed by atoms with Crippen LogP contribution in [-0.2, 0) is 16.1 Å². The van der Waals surface area contributed by atoms with Crippen molar-refractivity contribution in [2.45, 2.75) is 85.8 Å². The lowest BCUT2D eigenvalue weighted by atomic mass is 10.1. The molecule has 0 aliphatic heterocycles. The van der Waals surface area contributed by atoms with Crippen molar-refractivity contribution in [1.29, 1.82) is 0 Å². The summed E-state index contributed by atoms with van der Waals surface area (Å²) >= 11 is 0. The molecule has 6 heteroatoms. The van der Waals surface area contributed by atoms with Crippen LogP contribution in [-0.4, -0.2) is 35.7 Å². The van der Waals surface area contributed by atoms with Crippen LogP contribution < -0.4 is 10.1 Å². The number of aryl methyl sites for hydroxylation is 2. The maximum absolute atomic E-state index is 13.3. The van der Waals surface area contributed by atoms with Gasteiger partial charge in [-0.3, -0.25) is 0 Å². The predicted octanol–water partition coefficient (Wildman–Crippen LogP) is 7.03. The molecule has 2 rings (SSSR count). The van der Waals surface area contributed by atoms with Crippen LogP contribution in [0.4, 0.5) is 10.5 Å². The molecule has 35 heavy (non-hydrogen) atoms. The van der Waals surface area contributed by atoms with Crippen LogP contribution in [0.15, 0.2) is 42.5 Å². The number of benzene rings is 2. The zero-order valence-electron chi connectivity index (χ0n) is 22.3. The lowest BCUT2D eigenvalue weighted by molar-refractivity contribution is -0.158. The molecule has 0 aromatic heterocycles. The van der Waals surface area contributed by atoms with Gasteiger partial charge in [0, 0.05) is 18.8 Å². The Hall–Kier alpha value is -3.02. The number of hydrogen-bond acceptors (Lipinski definition) is 4. The molecule has 0 saturated carbocycles. The minimum atomic E-state index is -1.08. The van der Waals surface area contributed by atoms with E-state index < -0.39 is 11.6 Å². The van der Waals surface area contributed by atoms with E-state index in [2.05, 4.69) is 12.2 Å². The van der Waals surface area contributed by atoms with E-state index in [0.717, 1.165) is 35.2 Å². The molecule has 0 atom stereocenters. The van der Waals surface area contributed by atoms with Gasteiger partial charge in [0.2, 0.25) is 0 Å². The number of para-hydroxylation sites is 1. The summed E-state index contributed by atoms with van der Waals surface area (Å²) in [7, 11) is 0. The van der Waals surface area contributed by atoms with Gasteiger partial charge < -0.3 is 19.7 Å². The predicted molar refractivity (Wildman–Crippen MR) is 142 cm³/mol. The number of ether oxygens (including phenoxy) is 2. The number of amides is 2. The highest BCUT2D eigenvalue weighted by atomic mass is 16.6. The molecule has 0 fully saturated rings. The Bertz CT molecular complexity index is 933. The van der Waals surface area contributed by atoms with E-state index >= 15 is 0 Å². The molecule has 192 valence electrons. The van der Waals surface area contributed by atoms with E-state index in [4.69, 9.17) is 9.47 Å². The molecule has 0 heterocycles. The van der Waals surface area contributed by atoms with E-state index in [1.165, 1.54) is 19.3 Å². The van der Waals surface area contributed by atoms with Gasteiger partial charge in [0.1, 0.15) is 5.75 Å². The van der Waals surface area contributed by atoms with Crippen LogP contribution in [0.3, 0.4) is 0 Å². The summed E-state index contributed by atoms with van der Waals surface area (Å²) in [5.41, 5.74) is 2.89. The zero-order valence-corrected chi connectivity index (χ0v) is 22.3. The van der Waals surface area contributed by atoms with E-state index in [-0.39, 0.29) is 6.03 Å². The van der Waals surface area contributed by atoms with E-state index in [1.807, 2.05) is 61.2 Å². The standard InChI is InChI=1S/C29H42N2O4/c1-7-9-10-11-12-20-31(28(33)30-26-22(3)14-13-15-23(26)4)21-24-16-18-25(19-17-24)35-29(5,6)27(32)34-8-2/h13-19H,7-12,20-21H2,1-6H3,(H,30,33). The van der Waals surface area contributed by atoms with Crippen LogP contribution in [0, 0.1) is 13.8 Å². The van der Waals surface area contributed by atoms with Crippen molar-refractivity contribution < 1.29 is 19.1 Å². The summed E-state index contributed by atoms with van der Waals surface area (Å²) in [4.78, 5) is 27.3. The number of carbonyl (C=O) groups is 2. The van der Waals surface area contributed by atoms with Gasteiger partial charge in [-0.25, -0.2) is 9.59 Å². The molecule has 0 radical (unpaired) electrons. The number of carbonyl (C=O) groups excluding carboxylic acids is 2. The maximum Gasteiger partial charge on any atom is 0.349 e. The van der Waals surface area contributed by atoms with Gasteiger partial charge in [0.05, 0.1) is 6.61 Å². The molecular formula is C29H42N2O4. The normalized spacial score (nSPS) is 11.1. The molecule has 0 saturated heterocycles. The van der Waals surface area contributed by atoms with Crippen molar-refractivity contribution >= 4 is 17.7 Å². The molecular weight excluding hydrogens is 440 g/mol. The number of anilines is 1. The Morgan fingerprint density at radius 3 is 2.14 bits per heavy atom. The topological polar surface area (TPSA) is 67.9 Å². The fourth-order valence-corrected chi connectivity index (χ4v) is 3.88. The number of rotatable bonds is 13. The van der Waals surface area contributed by atoms with Gasteiger partial charge in [0.15, 0.2) is 5.60 Å². The summed E-state index contributed by atoms with van der Waals surface area (Å²) in [6, 6.07) is 13.5. The lowest BCUT2D eigenvalue weighted by Gasteiger charge is -2.25. The number of urea groups is 1. The van der Waals surface area contributed by atoms with Crippen molar-refractivity contribution in [3.05, 3.63) is 59.2 Å². The minimum Gasteiger partial charge on any atom is -0.476 e. The van der Waals surface area contributed by atoms with Crippen molar-refractivity contribution in [1.82, 2.24) is 4.90 Å². The molecule has 0 unspecified atom stereocenters. The van der Waals surface area contributed by atoms with Crippen LogP contribution in [0.1, 0.15) is 76.5 Å². The summed E-state index contributed by atoms with van der Waals surface area (Å²) < 4.78 is 11.0. The Labute approximate surface area is 211 Å². The van der Waals surface area contributed by atoms with Gasteiger partial charge in [-0.05, 0) is 69.9 Å². The highest BCUT2D eigenvalue weighted by Crippen LogP contribution is 2.23. The highest BCUT2D eigenvalue weighted by Gasteiger charge is 2.31. The lowest BCUT2D eigenvalue weighted by Crippen LogP contribution is -2.39. The first-order chi connectivity index (χ1) is 16.7. The summed E-state index contributed by atoms with van der Waals surface area (Å²) in [6.45, 7) is 12.9. The quantitative estimate of drug-likeness (QED) is 0.246. The number of nitrogens with zero attached hydrogens (tertiary/aromatic N) is 1. The van der Waals surface area contributed by atoms with E-state index in [9.17, 15) is 9.59 Å². The SMILES string of the molecule is CCCCCCCN(Cc1ccc(OC(C)(C)C(=O)OCC)cc1)C(=O)Nc1c(C)cccc1C. The molecule has 0 aliphatic rings. The van der Waals surface area contributed by atoms with Gasteiger partial charge in [-0.2, -0.15) is 0 Å². The molecule has 1 N–H and O–H groups in total. The fourth-order valence-electron chi connectivity index (χ4n) is 3.88. The van der Waals surface area contributed by atoms with Crippen LogP contribution in [0.2, 0.25) is 0 Å². The molecule has 0 bridgehead atoms. The Balaban J connectivity index is 2.10. The average Bonchev–Trinajstić information content (AvgIpc) is 2.81. The molecule has 2 amide bonds. The smallest absolute Gasteiger partial charge is 0.349 e. The second-order valence-corrected chi connectivity index (χ2v) is 9.51. The summed E-state index contributed by atoms with van der Waals surface area (Å²) in [5.74, 6) is 0.180. The Kier molecular flexibility index (Phi) is 11.1. The van der Waals surface area contributed by atoms with Crippen molar-refractivity contribution in [2.75, 3.05) is 18.5 Å².